The number of rotatable bonds is 6. The molecule has 2 unspecified atom stereocenters. The number of halogens is 1. The third-order valence-electron chi connectivity index (χ3n) is 5.85. The Morgan fingerprint density at radius 1 is 1.30 bits per heavy atom. The third kappa shape index (κ3) is 3.16. The van der Waals surface area contributed by atoms with Gasteiger partial charge in [-0.3, -0.25) is 4.68 Å². The van der Waals surface area contributed by atoms with Gasteiger partial charge in [-0.05, 0) is 24.6 Å². The Morgan fingerprint density at radius 2 is 2.23 bits per heavy atom. The fraction of sp³-hybridized carbons (Fsp3) is 0.333. The van der Waals surface area contributed by atoms with E-state index in [1.807, 2.05) is 37.6 Å². The number of hydrogen-bond acceptors (Lipinski definition) is 6. The van der Waals surface area contributed by atoms with Crippen LogP contribution in [-0.2, 0) is 0 Å². The molecule has 0 aliphatic carbocycles. The van der Waals surface area contributed by atoms with Crippen molar-refractivity contribution in [3.63, 3.8) is 0 Å². The van der Waals surface area contributed by atoms with Gasteiger partial charge in [0.1, 0.15) is 18.6 Å². The maximum Gasteiger partial charge on any atom is 0.151 e. The molecule has 30 heavy (non-hydrogen) atoms. The lowest BCUT2D eigenvalue weighted by molar-refractivity contribution is 0.257. The van der Waals surface area contributed by atoms with Crippen LogP contribution in [0, 0.1) is 5.92 Å². The number of H-pyrrole nitrogens is 1. The number of hydrogen-bond donors (Lipinski definition) is 2. The summed E-state index contributed by atoms with van der Waals surface area (Å²) in [5.74, 6) is 1.06. The molecule has 4 aromatic rings. The van der Waals surface area contributed by atoms with Gasteiger partial charge in [-0.25, -0.2) is 19.3 Å². The van der Waals surface area contributed by atoms with Gasteiger partial charge in [0.05, 0.1) is 23.6 Å². The van der Waals surface area contributed by atoms with E-state index in [2.05, 4.69) is 35.3 Å². The van der Waals surface area contributed by atoms with E-state index in [9.17, 15) is 4.39 Å². The zero-order valence-corrected chi connectivity index (χ0v) is 16.7. The number of anilines is 2. The highest BCUT2D eigenvalue weighted by molar-refractivity contribution is 5.89. The van der Waals surface area contributed by atoms with Crippen LogP contribution in [0.2, 0.25) is 0 Å². The van der Waals surface area contributed by atoms with Gasteiger partial charge in [0, 0.05) is 55.6 Å². The third-order valence-corrected chi connectivity index (χ3v) is 5.85. The van der Waals surface area contributed by atoms with Gasteiger partial charge in [-0.15, -0.1) is 0 Å². The zero-order chi connectivity index (χ0) is 20.5. The van der Waals surface area contributed by atoms with Crippen molar-refractivity contribution in [1.82, 2.24) is 29.7 Å². The molecule has 9 heteroatoms. The van der Waals surface area contributed by atoms with Crippen LogP contribution >= 0.6 is 0 Å². The van der Waals surface area contributed by atoms with Crippen LogP contribution in [-0.4, -0.2) is 56.5 Å². The lowest BCUT2D eigenvalue weighted by Crippen LogP contribution is -2.27. The Kier molecular flexibility index (Phi) is 4.78. The summed E-state index contributed by atoms with van der Waals surface area (Å²) >= 11 is 0. The largest absolute Gasteiger partial charge is 0.385 e. The average Bonchev–Trinajstić information content (AvgIpc) is 3.55. The van der Waals surface area contributed by atoms with Crippen molar-refractivity contribution >= 4 is 22.5 Å². The van der Waals surface area contributed by atoms with Crippen LogP contribution in [0.4, 0.5) is 15.9 Å². The molecule has 4 aromatic heterocycles. The van der Waals surface area contributed by atoms with Crippen LogP contribution in [0.5, 0.6) is 0 Å². The molecule has 0 saturated carbocycles. The highest BCUT2D eigenvalue weighted by Crippen LogP contribution is 2.34. The molecule has 1 fully saturated rings. The lowest BCUT2D eigenvalue weighted by Gasteiger charge is -2.23. The Hall–Kier alpha value is -3.49. The summed E-state index contributed by atoms with van der Waals surface area (Å²) in [6.45, 7) is 1.12. The Morgan fingerprint density at radius 3 is 3.10 bits per heavy atom. The normalized spacial score (nSPS) is 17.5. The molecule has 1 aliphatic rings. The van der Waals surface area contributed by atoms with E-state index in [1.54, 1.807) is 17.1 Å². The first kappa shape index (κ1) is 18.5. The summed E-state index contributed by atoms with van der Waals surface area (Å²) in [6.07, 6.45) is 9.68. The first-order valence-corrected chi connectivity index (χ1v) is 10.0. The molecule has 154 valence electrons. The number of fused-ring (bicyclic) bond motifs is 1. The number of aromatic amines is 1. The number of alkyl halides is 1. The Labute approximate surface area is 173 Å². The van der Waals surface area contributed by atoms with E-state index in [4.69, 9.17) is 0 Å². The minimum Gasteiger partial charge on any atom is -0.385 e. The summed E-state index contributed by atoms with van der Waals surface area (Å²) in [6, 6.07) is 5.53. The van der Waals surface area contributed by atoms with Crippen LogP contribution in [0.1, 0.15) is 12.5 Å². The quantitative estimate of drug-likeness (QED) is 0.511. The molecule has 0 bridgehead atoms. The summed E-state index contributed by atoms with van der Waals surface area (Å²) in [5.41, 5.74) is 3.41. The maximum atomic E-state index is 14.1. The molecule has 2 atom stereocenters. The van der Waals surface area contributed by atoms with Crippen molar-refractivity contribution in [2.24, 2.45) is 5.92 Å². The van der Waals surface area contributed by atoms with Crippen LogP contribution in [0.3, 0.4) is 0 Å². The number of nitrogens with zero attached hydrogens (tertiary/aromatic N) is 6. The molecule has 0 spiro atoms. The minimum absolute atomic E-state index is 0.145. The van der Waals surface area contributed by atoms with Crippen molar-refractivity contribution in [3.8, 4) is 11.3 Å². The molecule has 8 nitrogen and oxygen atoms in total. The predicted octanol–water partition coefficient (Wildman–Crippen LogP) is 3.30. The average molecular weight is 406 g/mol. The molecule has 5 heterocycles. The van der Waals surface area contributed by atoms with Crippen molar-refractivity contribution in [2.75, 3.05) is 37.0 Å². The molecule has 1 aliphatic heterocycles. The summed E-state index contributed by atoms with van der Waals surface area (Å²) in [7, 11) is 1.89. The summed E-state index contributed by atoms with van der Waals surface area (Å²) in [4.78, 5) is 18.5. The number of pyridine rings is 1. The van der Waals surface area contributed by atoms with E-state index >= 15 is 0 Å². The lowest BCUT2D eigenvalue weighted by atomic mass is 10.0. The summed E-state index contributed by atoms with van der Waals surface area (Å²) < 4.78 is 15.9. The smallest absolute Gasteiger partial charge is 0.151 e. The molecular formula is C21H23FN8. The second-order valence-electron chi connectivity index (χ2n) is 7.51. The molecule has 0 radical (unpaired) electrons. The van der Waals surface area contributed by atoms with E-state index in [-0.39, 0.29) is 12.0 Å². The van der Waals surface area contributed by atoms with Crippen molar-refractivity contribution in [3.05, 3.63) is 49.3 Å². The van der Waals surface area contributed by atoms with Crippen molar-refractivity contribution in [1.29, 1.82) is 0 Å². The molecule has 0 aromatic carbocycles. The second kappa shape index (κ2) is 7.74. The highest BCUT2D eigenvalue weighted by Gasteiger charge is 2.32. The van der Waals surface area contributed by atoms with Gasteiger partial charge in [0.2, 0.25) is 0 Å². The van der Waals surface area contributed by atoms with Gasteiger partial charge >= 0.3 is 0 Å². The second-order valence-corrected chi connectivity index (χ2v) is 7.51. The van der Waals surface area contributed by atoms with Gasteiger partial charge < -0.3 is 15.2 Å². The van der Waals surface area contributed by atoms with Gasteiger partial charge in [-0.2, -0.15) is 5.10 Å². The maximum absolute atomic E-state index is 14.1. The Bertz CT molecular complexity index is 1150. The molecular weight excluding hydrogens is 383 g/mol. The van der Waals surface area contributed by atoms with Crippen LogP contribution in [0.25, 0.3) is 22.3 Å². The van der Waals surface area contributed by atoms with E-state index in [1.165, 1.54) is 6.33 Å². The monoisotopic (exact) mass is 406 g/mol. The number of nitrogens with one attached hydrogen (secondary N) is 2. The highest BCUT2D eigenvalue weighted by atomic mass is 19.1. The van der Waals surface area contributed by atoms with Crippen molar-refractivity contribution < 1.29 is 4.39 Å². The van der Waals surface area contributed by atoms with Crippen molar-refractivity contribution in [2.45, 2.75) is 12.5 Å². The van der Waals surface area contributed by atoms with E-state index < -0.39 is 6.67 Å². The molecule has 0 amide bonds. The topological polar surface area (TPSA) is 87.5 Å². The first-order chi connectivity index (χ1) is 14.8. The molecule has 2 N–H and O–H groups in total. The fourth-order valence-corrected chi connectivity index (χ4v) is 4.29. The Balaban J connectivity index is 1.39. The zero-order valence-electron chi connectivity index (χ0n) is 16.7. The fourth-order valence-electron chi connectivity index (χ4n) is 4.29. The molecule has 5 rings (SSSR count). The van der Waals surface area contributed by atoms with E-state index in [0.717, 1.165) is 53.3 Å². The van der Waals surface area contributed by atoms with Crippen LogP contribution < -0.4 is 10.2 Å². The van der Waals surface area contributed by atoms with Crippen LogP contribution in [0.15, 0.2) is 49.3 Å². The SMILES string of the molecule is CNc1cccnc1N1CCC(C(CF)n2cc(-c3ncnc4[nH]ccc34)cn2)C1. The van der Waals surface area contributed by atoms with Gasteiger partial charge in [-0.1, -0.05) is 0 Å². The standard InChI is InChI=1S/C21H23FN8/c1-23-17-3-2-6-25-21(17)29-8-5-14(11-29)18(9-22)30-12-15(10-28-30)19-16-4-7-24-20(16)27-13-26-19/h2-4,6-7,10,12-14,18,23H,5,8-9,11H2,1H3,(H,24,26,27). The van der Waals surface area contributed by atoms with Gasteiger partial charge in [0.15, 0.2) is 5.82 Å². The predicted molar refractivity (Wildman–Crippen MR) is 114 cm³/mol. The number of aromatic nitrogens is 6. The first-order valence-electron chi connectivity index (χ1n) is 10.0. The molecule has 1 saturated heterocycles. The summed E-state index contributed by atoms with van der Waals surface area (Å²) in [5, 5.41) is 8.60. The van der Waals surface area contributed by atoms with Gasteiger partial charge in [0.25, 0.3) is 0 Å². The minimum atomic E-state index is -0.468. The van der Waals surface area contributed by atoms with E-state index in [0.29, 0.717) is 0 Å².